The molecule has 0 aliphatic heterocycles. The van der Waals surface area contributed by atoms with Crippen LogP contribution in [0.1, 0.15) is 69.4 Å². The Hall–Kier alpha value is -2.61. The summed E-state index contributed by atoms with van der Waals surface area (Å²) < 4.78 is 15.8. The third kappa shape index (κ3) is 4.87. The van der Waals surface area contributed by atoms with E-state index in [1.807, 2.05) is 0 Å². The van der Waals surface area contributed by atoms with E-state index < -0.39 is 24.5 Å². The van der Waals surface area contributed by atoms with Crippen molar-refractivity contribution in [2.75, 3.05) is 11.9 Å². The number of hydrogen-bond acceptors (Lipinski definition) is 7. The summed E-state index contributed by atoms with van der Waals surface area (Å²) in [6, 6.07) is 1.57. The minimum absolute atomic E-state index is 0.257. The Bertz CT molecular complexity index is 939. The molecule has 0 atom stereocenters. The first-order chi connectivity index (χ1) is 13.8. The number of anilines is 1. The Morgan fingerprint density at radius 1 is 1.17 bits per heavy atom. The van der Waals surface area contributed by atoms with Crippen molar-refractivity contribution in [1.29, 1.82) is 0 Å². The summed E-state index contributed by atoms with van der Waals surface area (Å²) in [6.07, 6.45) is 3.47. The molecule has 0 aromatic carbocycles. The van der Waals surface area contributed by atoms with Crippen molar-refractivity contribution in [3.63, 3.8) is 0 Å². The quantitative estimate of drug-likeness (QED) is 0.705. The number of esters is 2. The molecule has 0 radical (unpaired) electrons. The van der Waals surface area contributed by atoms with Gasteiger partial charge in [0.25, 0.3) is 5.91 Å². The number of hydrogen-bond donors (Lipinski definition) is 1. The van der Waals surface area contributed by atoms with Gasteiger partial charge < -0.3 is 19.2 Å². The second kappa shape index (κ2) is 8.82. The van der Waals surface area contributed by atoms with Crippen molar-refractivity contribution in [2.24, 2.45) is 0 Å². The van der Waals surface area contributed by atoms with Crippen molar-refractivity contribution in [3.8, 4) is 0 Å². The van der Waals surface area contributed by atoms with Crippen LogP contribution in [0.2, 0.25) is 0 Å². The smallest absolute Gasteiger partial charge is 0.342 e. The number of carbonyl (C=O) groups is 3. The number of carbonyl (C=O) groups excluding carboxylic acids is 3. The lowest BCUT2D eigenvalue weighted by Gasteiger charge is -2.14. The highest BCUT2D eigenvalue weighted by atomic mass is 32.1. The van der Waals surface area contributed by atoms with E-state index in [1.165, 1.54) is 11.3 Å². The van der Waals surface area contributed by atoms with Crippen molar-refractivity contribution in [3.05, 3.63) is 39.2 Å². The molecule has 0 unspecified atom stereocenters. The monoisotopic (exact) mass is 419 g/mol. The molecular weight excluding hydrogens is 394 g/mol. The van der Waals surface area contributed by atoms with Gasteiger partial charge in [-0.3, -0.25) is 4.79 Å². The van der Waals surface area contributed by atoms with Crippen LogP contribution in [0.5, 0.6) is 0 Å². The first kappa shape index (κ1) is 21.1. The molecule has 1 amide bonds. The number of furan rings is 1. The summed E-state index contributed by atoms with van der Waals surface area (Å²) in [5.41, 5.74) is 1.69. The molecule has 0 spiro atoms. The maximum absolute atomic E-state index is 12.6. The molecule has 29 heavy (non-hydrogen) atoms. The topological polar surface area (TPSA) is 94.8 Å². The van der Waals surface area contributed by atoms with Gasteiger partial charge in [-0.25, -0.2) is 9.59 Å². The summed E-state index contributed by atoms with van der Waals surface area (Å²) in [5, 5.41) is 3.18. The minimum atomic E-state index is -0.626. The second-order valence-electron chi connectivity index (χ2n) is 7.32. The van der Waals surface area contributed by atoms with Crippen molar-refractivity contribution >= 4 is 34.2 Å². The van der Waals surface area contributed by atoms with E-state index in [-0.39, 0.29) is 6.10 Å². The van der Waals surface area contributed by atoms with E-state index in [2.05, 4.69) is 5.32 Å². The Balaban J connectivity index is 1.71. The molecule has 156 valence electrons. The lowest BCUT2D eigenvalue weighted by Crippen LogP contribution is -2.22. The van der Waals surface area contributed by atoms with Gasteiger partial charge in [-0.1, -0.05) is 0 Å². The molecule has 2 aromatic rings. The number of thiophene rings is 1. The van der Waals surface area contributed by atoms with Gasteiger partial charge in [0.05, 0.1) is 11.7 Å². The van der Waals surface area contributed by atoms with Crippen LogP contribution in [-0.2, 0) is 27.1 Å². The third-order valence-electron chi connectivity index (χ3n) is 4.57. The molecule has 2 aromatic heterocycles. The van der Waals surface area contributed by atoms with Gasteiger partial charge in [-0.15, -0.1) is 11.3 Å². The van der Waals surface area contributed by atoms with E-state index in [4.69, 9.17) is 13.9 Å². The number of fused-ring (bicyclic) bond motifs is 1. The lowest BCUT2D eigenvalue weighted by atomic mass is 9.95. The fraction of sp³-hybridized carbons (Fsp3) is 0.476. The second-order valence-corrected chi connectivity index (χ2v) is 8.43. The number of aryl methyl sites for hydroxylation is 3. The van der Waals surface area contributed by atoms with Crippen LogP contribution in [0, 0.1) is 13.8 Å². The summed E-state index contributed by atoms with van der Waals surface area (Å²) >= 11 is 1.39. The maximum Gasteiger partial charge on any atom is 0.342 e. The van der Waals surface area contributed by atoms with Crippen LogP contribution in [-0.4, -0.2) is 30.6 Å². The van der Waals surface area contributed by atoms with Crippen molar-refractivity contribution in [2.45, 2.75) is 59.5 Å². The zero-order valence-electron chi connectivity index (χ0n) is 17.0. The van der Waals surface area contributed by atoms with E-state index in [0.29, 0.717) is 27.6 Å². The molecule has 1 N–H and O–H groups in total. The summed E-state index contributed by atoms with van der Waals surface area (Å²) in [7, 11) is 0. The van der Waals surface area contributed by atoms with Gasteiger partial charge in [0.1, 0.15) is 22.1 Å². The van der Waals surface area contributed by atoms with Gasteiger partial charge in [0.2, 0.25) is 0 Å². The number of nitrogens with one attached hydrogen (secondary N) is 1. The fourth-order valence-electron chi connectivity index (χ4n) is 3.35. The predicted molar refractivity (Wildman–Crippen MR) is 109 cm³/mol. The molecule has 3 rings (SSSR count). The first-order valence-electron chi connectivity index (χ1n) is 9.65. The molecule has 0 bridgehead atoms. The Morgan fingerprint density at radius 2 is 1.90 bits per heavy atom. The van der Waals surface area contributed by atoms with Gasteiger partial charge in [0, 0.05) is 4.88 Å². The average Bonchev–Trinajstić information content (AvgIpc) is 3.17. The highest BCUT2D eigenvalue weighted by Gasteiger charge is 2.28. The van der Waals surface area contributed by atoms with Gasteiger partial charge in [-0.05, 0) is 65.0 Å². The Labute approximate surface area is 173 Å². The molecule has 8 heteroatoms. The van der Waals surface area contributed by atoms with E-state index in [0.717, 1.165) is 36.1 Å². The molecule has 1 aliphatic carbocycles. The van der Waals surface area contributed by atoms with Crippen molar-refractivity contribution < 1.29 is 28.3 Å². The lowest BCUT2D eigenvalue weighted by molar-refractivity contribution is -0.119. The first-order valence-corrected chi connectivity index (χ1v) is 10.5. The van der Waals surface area contributed by atoms with E-state index in [9.17, 15) is 14.4 Å². The summed E-state index contributed by atoms with van der Waals surface area (Å²) in [5.74, 6) is -0.530. The van der Waals surface area contributed by atoms with Crippen molar-refractivity contribution in [1.82, 2.24) is 0 Å². The highest BCUT2D eigenvalue weighted by molar-refractivity contribution is 7.17. The van der Waals surface area contributed by atoms with Gasteiger partial charge >= 0.3 is 11.9 Å². The zero-order chi connectivity index (χ0) is 21.1. The minimum Gasteiger partial charge on any atom is -0.466 e. The van der Waals surface area contributed by atoms with Crippen LogP contribution in [0.4, 0.5) is 5.00 Å². The van der Waals surface area contributed by atoms with Crippen LogP contribution in [0.3, 0.4) is 0 Å². The summed E-state index contributed by atoms with van der Waals surface area (Å²) in [4.78, 5) is 38.3. The average molecular weight is 419 g/mol. The predicted octanol–water partition coefficient (Wildman–Crippen LogP) is 4.20. The van der Waals surface area contributed by atoms with Crippen LogP contribution in [0.15, 0.2) is 10.5 Å². The molecule has 0 saturated heterocycles. The molecule has 1 aliphatic rings. The normalized spacial score (nSPS) is 13.1. The van der Waals surface area contributed by atoms with E-state index in [1.54, 1.807) is 33.8 Å². The zero-order valence-corrected chi connectivity index (χ0v) is 17.9. The Morgan fingerprint density at radius 3 is 2.55 bits per heavy atom. The molecule has 7 nitrogen and oxygen atoms in total. The van der Waals surface area contributed by atoms with Gasteiger partial charge in [-0.2, -0.15) is 0 Å². The van der Waals surface area contributed by atoms with Crippen LogP contribution >= 0.6 is 11.3 Å². The highest BCUT2D eigenvalue weighted by Crippen LogP contribution is 2.38. The Kier molecular flexibility index (Phi) is 6.42. The summed E-state index contributed by atoms with van der Waals surface area (Å²) in [6.45, 7) is 6.50. The van der Waals surface area contributed by atoms with E-state index >= 15 is 0 Å². The molecule has 0 fully saturated rings. The molecular formula is C21H25NO6S. The standard InChI is InChI=1S/C21H25NO6S/c1-11(2)27-21(25)18-14-7-5-6-8-16(14)29-19(18)22-17(23)10-26-20(24)15-9-12(3)28-13(15)4/h9,11H,5-8,10H2,1-4H3,(H,22,23). The number of rotatable bonds is 6. The SMILES string of the molecule is Cc1cc(C(=O)OCC(=O)Nc2sc3c(c2C(=O)OC(C)C)CCCC3)c(C)o1. The van der Waals surface area contributed by atoms with Crippen LogP contribution in [0.25, 0.3) is 0 Å². The maximum atomic E-state index is 12.6. The van der Waals surface area contributed by atoms with Crippen LogP contribution < -0.4 is 5.32 Å². The number of ether oxygens (including phenoxy) is 2. The largest absolute Gasteiger partial charge is 0.466 e. The fourth-order valence-corrected chi connectivity index (χ4v) is 4.64. The van der Waals surface area contributed by atoms with Gasteiger partial charge in [0.15, 0.2) is 6.61 Å². The molecule has 0 saturated carbocycles. The number of amides is 1. The third-order valence-corrected chi connectivity index (χ3v) is 5.77. The molecule has 2 heterocycles.